The Morgan fingerprint density at radius 1 is 1.00 bits per heavy atom. The second-order valence-electron chi connectivity index (χ2n) is 3.91. The van der Waals surface area contributed by atoms with Gasteiger partial charge < -0.3 is 0 Å². The molecule has 0 saturated heterocycles. The minimum Gasteiger partial charge on any atom is -0.292 e. The quantitative estimate of drug-likeness (QED) is 0.667. The molecule has 0 atom stereocenters. The van der Waals surface area contributed by atoms with Crippen molar-refractivity contribution in [1.29, 1.82) is 0 Å². The van der Waals surface area contributed by atoms with Crippen LogP contribution in [0, 0.1) is 0 Å². The first kappa shape index (κ1) is 12.9. The molecule has 5 heteroatoms. The van der Waals surface area contributed by atoms with Gasteiger partial charge in [0.25, 0.3) is 0 Å². The van der Waals surface area contributed by atoms with Gasteiger partial charge in [0.2, 0.25) is 0 Å². The Kier molecular flexibility index (Phi) is 3.84. The average molecular weight is 255 g/mol. The Balaban J connectivity index is 1.92. The fourth-order valence-electron chi connectivity index (χ4n) is 1.62. The zero-order valence-electron chi connectivity index (χ0n) is 9.50. The zero-order valence-corrected chi connectivity index (χ0v) is 9.50. The minimum atomic E-state index is -4.31. The molecular weight excluding hydrogens is 243 g/mol. The van der Waals surface area contributed by atoms with E-state index in [1.807, 2.05) is 42.5 Å². The lowest BCUT2D eigenvalue weighted by Gasteiger charge is -2.09. The van der Waals surface area contributed by atoms with E-state index in [0.717, 1.165) is 16.3 Å². The summed E-state index contributed by atoms with van der Waals surface area (Å²) in [6.45, 7) is -1.05. The average Bonchev–Trinajstić information content (AvgIpc) is 2.33. The first-order chi connectivity index (χ1) is 8.54. The van der Waals surface area contributed by atoms with Crippen LogP contribution in [0.5, 0.6) is 0 Å². The van der Waals surface area contributed by atoms with Gasteiger partial charge in [0.15, 0.2) is 6.61 Å². The van der Waals surface area contributed by atoms with E-state index in [1.54, 1.807) is 0 Å². The topological polar surface area (TPSA) is 21.3 Å². The Hall–Kier alpha value is -1.59. The van der Waals surface area contributed by atoms with Crippen LogP contribution in [0.1, 0.15) is 5.56 Å². The maximum atomic E-state index is 11.8. The summed E-state index contributed by atoms with van der Waals surface area (Å²) in [5.74, 6) is 0. The number of fused-ring (bicyclic) bond motifs is 1. The number of halogens is 3. The van der Waals surface area contributed by atoms with E-state index in [-0.39, 0.29) is 6.54 Å². The molecule has 0 amide bonds. The zero-order chi connectivity index (χ0) is 13.0. The van der Waals surface area contributed by atoms with Crippen LogP contribution in [0.2, 0.25) is 0 Å². The smallest absolute Gasteiger partial charge is 0.292 e. The summed E-state index contributed by atoms with van der Waals surface area (Å²) in [5, 5.41) is 2.14. The van der Waals surface area contributed by atoms with Crippen LogP contribution in [0.15, 0.2) is 42.5 Å². The third kappa shape index (κ3) is 3.72. The third-order valence-electron chi connectivity index (χ3n) is 2.43. The molecule has 0 bridgehead atoms. The van der Waals surface area contributed by atoms with Gasteiger partial charge in [-0.25, -0.2) is 0 Å². The first-order valence-corrected chi connectivity index (χ1v) is 5.44. The summed E-state index contributed by atoms with van der Waals surface area (Å²) in [6.07, 6.45) is -4.31. The predicted molar refractivity (Wildman–Crippen MR) is 62.8 cm³/mol. The third-order valence-corrected chi connectivity index (χ3v) is 2.43. The maximum Gasteiger partial charge on any atom is 0.413 e. The highest BCUT2D eigenvalue weighted by atomic mass is 19.4. The van der Waals surface area contributed by atoms with Crippen molar-refractivity contribution in [3.8, 4) is 0 Å². The standard InChI is InChI=1S/C13H12F3NO/c14-13(15,16)9-18-17-8-10-5-6-11-3-1-2-4-12(11)7-10/h1-7,17H,8-9H2. The summed E-state index contributed by atoms with van der Waals surface area (Å²) in [6, 6.07) is 13.5. The van der Waals surface area contributed by atoms with Crippen molar-refractivity contribution in [3.05, 3.63) is 48.0 Å². The van der Waals surface area contributed by atoms with E-state index >= 15 is 0 Å². The van der Waals surface area contributed by atoms with Crippen LogP contribution in [0.3, 0.4) is 0 Å². The molecule has 0 aromatic heterocycles. The van der Waals surface area contributed by atoms with E-state index in [4.69, 9.17) is 0 Å². The maximum absolute atomic E-state index is 11.8. The fraction of sp³-hybridized carbons (Fsp3) is 0.231. The summed E-state index contributed by atoms with van der Waals surface area (Å²) in [5.41, 5.74) is 3.17. The van der Waals surface area contributed by atoms with Gasteiger partial charge in [-0.05, 0) is 22.4 Å². The second-order valence-corrected chi connectivity index (χ2v) is 3.91. The van der Waals surface area contributed by atoms with Gasteiger partial charge in [-0.1, -0.05) is 36.4 Å². The molecule has 2 aromatic rings. The van der Waals surface area contributed by atoms with Crippen molar-refractivity contribution in [2.75, 3.05) is 6.61 Å². The van der Waals surface area contributed by atoms with Crippen LogP contribution in [-0.2, 0) is 11.4 Å². The molecule has 0 aliphatic heterocycles. The van der Waals surface area contributed by atoms with Gasteiger partial charge in [0.1, 0.15) is 0 Å². The normalized spacial score (nSPS) is 11.9. The van der Waals surface area contributed by atoms with Crippen molar-refractivity contribution in [2.45, 2.75) is 12.7 Å². The molecule has 96 valence electrons. The van der Waals surface area contributed by atoms with Crippen molar-refractivity contribution < 1.29 is 18.0 Å². The summed E-state index contributed by atoms with van der Waals surface area (Å²) in [7, 11) is 0. The van der Waals surface area contributed by atoms with Crippen molar-refractivity contribution in [1.82, 2.24) is 5.48 Å². The van der Waals surface area contributed by atoms with Crippen LogP contribution >= 0.6 is 0 Å². The Morgan fingerprint density at radius 3 is 2.44 bits per heavy atom. The van der Waals surface area contributed by atoms with E-state index in [0.29, 0.717) is 0 Å². The predicted octanol–water partition coefficient (Wildman–Crippen LogP) is 3.42. The molecule has 0 fully saturated rings. The Labute approximate surface area is 102 Å². The van der Waals surface area contributed by atoms with E-state index in [9.17, 15) is 13.2 Å². The highest BCUT2D eigenvalue weighted by Crippen LogP contribution is 2.16. The van der Waals surface area contributed by atoms with Crippen LogP contribution in [0.25, 0.3) is 10.8 Å². The summed E-state index contributed by atoms with van der Waals surface area (Å²) < 4.78 is 35.5. The highest BCUT2D eigenvalue weighted by Gasteiger charge is 2.27. The lowest BCUT2D eigenvalue weighted by atomic mass is 10.1. The molecule has 0 unspecified atom stereocenters. The van der Waals surface area contributed by atoms with Crippen LogP contribution in [-0.4, -0.2) is 12.8 Å². The number of hydrogen-bond donors (Lipinski definition) is 1. The molecule has 2 nitrogen and oxygen atoms in total. The number of rotatable bonds is 4. The van der Waals surface area contributed by atoms with E-state index < -0.39 is 12.8 Å². The Bertz CT molecular complexity index is 525. The van der Waals surface area contributed by atoms with Crippen molar-refractivity contribution in [3.63, 3.8) is 0 Å². The molecule has 1 N–H and O–H groups in total. The lowest BCUT2D eigenvalue weighted by molar-refractivity contribution is -0.190. The molecule has 0 heterocycles. The molecule has 0 aliphatic rings. The van der Waals surface area contributed by atoms with Gasteiger partial charge in [0, 0.05) is 6.54 Å². The van der Waals surface area contributed by atoms with Crippen molar-refractivity contribution >= 4 is 10.8 Å². The highest BCUT2D eigenvalue weighted by molar-refractivity contribution is 5.82. The lowest BCUT2D eigenvalue weighted by Crippen LogP contribution is -2.24. The largest absolute Gasteiger partial charge is 0.413 e. The molecular formula is C13H12F3NO. The van der Waals surface area contributed by atoms with Crippen LogP contribution < -0.4 is 5.48 Å². The van der Waals surface area contributed by atoms with Gasteiger partial charge in [-0.3, -0.25) is 4.84 Å². The second kappa shape index (κ2) is 5.37. The van der Waals surface area contributed by atoms with Gasteiger partial charge >= 0.3 is 6.18 Å². The summed E-state index contributed by atoms with van der Waals surface area (Å²) in [4.78, 5) is 4.34. The molecule has 0 spiro atoms. The SMILES string of the molecule is FC(F)(F)CONCc1ccc2ccccc2c1. The fourth-order valence-corrected chi connectivity index (χ4v) is 1.62. The van der Waals surface area contributed by atoms with Gasteiger partial charge in [-0.15, -0.1) is 0 Å². The summed E-state index contributed by atoms with van der Waals surface area (Å²) >= 11 is 0. The van der Waals surface area contributed by atoms with Gasteiger partial charge in [-0.2, -0.15) is 18.7 Å². The number of nitrogens with one attached hydrogen (secondary N) is 1. The number of hydrogen-bond acceptors (Lipinski definition) is 2. The number of hydroxylamine groups is 1. The first-order valence-electron chi connectivity index (χ1n) is 5.44. The molecule has 0 aliphatic carbocycles. The van der Waals surface area contributed by atoms with Gasteiger partial charge in [0.05, 0.1) is 0 Å². The molecule has 0 saturated carbocycles. The Morgan fingerprint density at radius 2 is 1.72 bits per heavy atom. The van der Waals surface area contributed by atoms with E-state index in [1.165, 1.54) is 0 Å². The molecule has 0 radical (unpaired) electrons. The van der Waals surface area contributed by atoms with Crippen LogP contribution in [0.4, 0.5) is 13.2 Å². The molecule has 2 rings (SSSR count). The molecule has 2 aromatic carbocycles. The molecule has 18 heavy (non-hydrogen) atoms. The van der Waals surface area contributed by atoms with Crippen molar-refractivity contribution in [2.24, 2.45) is 0 Å². The minimum absolute atomic E-state index is 0.237. The number of benzene rings is 2. The van der Waals surface area contributed by atoms with E-state index in [2.05, 4.69) is 10.3 Å². The monoisotopic (exact) mass is 255 g/mol. The number of alkyl halides is 3.